The highest BCUT2D eigenvalue weighted by molar-refractivity contribution is 6.51. The molecule has 0 aliphatic carbocycles. The standard InChI is InChI=1S/C20H19Cl2FN2O3/c21-15-3-6-19-18(7-15)20(22)14(11-27-19)9-25-28-12-17(26)10-24-8-13-1-4-16(23)5-2-13/h1-7,9,17,24,26H,8,10-12H2/b25-9+. The molecule has 0 radical (unpaired) electrons. The van der Waals surface area contributed by atoms with Crippen LogP contribution >= 0.6 is 23.2 Å². The maximum Gasteiger partial charge on any atom is 0.144 e. The van der Waals surface area contributed by atoms with Crippen molar-refractivity contribution in [2.45, 2.75) is 12.6 Å². The summed E-state index contributed by atoms with van der Waals surface area (Å²) in [5.74, 6) is 0.385. The lowest BCUT2D eigenvalue weighted by atomic mass is 10.1. The third-order valence-electron chi connectivity index (χ3n) is 4.02. The minimum Gasteiger partial charge on any atom is -0.488 e. The molecule has 28 heavy (non-hydrogen) atoms. The molecule has 2 aromatic rings. The van der Waals surface area contributed by atoms with E-state index in [-0.39, 0.29) is 19.0 Å². The van der Waals surface area contributed by atoms with E-state index in [1.165, 1.54) is 18.3 Å². The van der Waals surface area contributed by atoms with Gasteiger partial charge in [0.2, 0.25) is 0 Å². The van der Waals surface area contributed by atoms with Crippen molar-refractivity contribution >= 4 is 34.4 Å². The first-order chi connectivity index (χ1) is 13.5. The first kappa shape index (κ1) is 20.6. The molecule has 5 nitrogen and oxygen atoms in total. The zero-order chi connectivity index (χ0) is 19.9. The Morgan fingerprint density at radius 3 is 2.82 bits per heavy atom. The van der Waals surface area contributed by atoms with E-state index in [2.05, 4.69) is 10.5 Å². The van der Waals surface area contributed by atoms with Crippen molar-refractivity contribution in [1.29, 1.82) is 0 Å². The molecule has 1 aliphatic heterocycles. The van der Waals surface area contributed by atoms with Gasteiger partial charge in [0.15, 0.2) is 0 Å². The first-order valence-corrected chi connectivity index (χ1v) is 9.38. The van der Waals surface area contributed by atoms with E-state index < -0.39 is 6.10 Å². The summed E-state index contributed by atoms with van der Waals surface area (Å²) in [4.78, 5) is 5.13. The maximum atomic E-state index is 12.8. The molecule has 148 valence electrons. The number of aliphatic hydroxyl groups excluding tert-OH is 1. The van der Waals surface area contributed by atoms with Crippen LogP contribution in [0.25, 0.3) is 5.03 Å². The van der Waals surface area contributed by atoms with Gasteiger partial charge in [-0.05, 0) is 35.9 Å². The SMILES string of the molecule is OC(CNCc1ccc(F)cc1)CO/N=C/C1=C(Cl)c2cc(Cl)ccc2OC1. The number of rotatable bonds is 8. The topological polar surface area (TPSA) is 63.1 Å². The Morgan fingerprint density at radius 1 is 1.25 bits per heavy atom. The van der Waals surface area contributed by atoms with Crippen molar-refractivity contribution in [2.24, 2.45) is 5.16 Å². The second-order valence-corrected chi connectivity index (χ2v) is 7.02. The number of aliphatic hydroxyl groups is 1. The summed E-state index contributed by atoms with van der Waals surface area (Å²) in [5.41, 5.74) is 2.28. The summed E-state index contributed by atoms with van der Waals surface area (Å²) >= 11 is 12.4. The Labute approximate surface area is 172 Å². The van der Waals surface area contributed by atoms with Crippen molar-refractivity contribution in [3.8, 4) is 5.75 Å². The van der Waals surface area contributed by atoms with Crippen molar-refractivity contribution < 1.29 is 19.1 Å². The van der Waals surface area contributed by atoms with Gasteiger partial charge in [-0.25, -0.2) is 4.39 Å². The van der Waals surface area contributed by atoms with E-state index in [0.29, 0.717) is 40.0 Å². The van der Waals surface area contributed by atoms with Crippen LogP contribution in [0, 0.1) is 5.82 Å². The molecule has 3 rings (SSSR count). The van der Waals surface area contributed by atoms with Gasteiger partial charge in [-0.15, -0.1) is 0 Å². The number of hydrogen-bond donors (Lipinski definition) is 2. The van der Waals surface area contributed by atoms with E-state index in [1.807, 2.05) is 0 Å². The van der Waals surface area contributed by atoms with Crippen LogP contribution in [-0.2, 0) is 11.4 Å². The molecule has 0 saturated carbocycles. The number of halogens is 3. The Balaban J connectivity index is 1.43. The minimum atomic E-state index is -0.746. The quantitative estimate of drug-likeness (QED) is 0.496. The summed E-state index contributed by atoms with van der Waals surface area (Å²) in [6, 6.07) is 11.4. The summed E-state index contributed by atoms with van der Waals surface area (Å²) < 4.78 is 18.5. The van der Waals surface area contributed by atoms with Gasteiger partial charge in [-0.3, -0.25) is 0 Å². The Hall–Kier alpha value is -2.12. The fourth-order valence-corrected chi connectivity index (χ4v) is 2.98. The van der Waals surface area contributed by atoms with Gasteiger partial charge in [-0.2, -0.15) is 0 Å². The highest BCUT2D eigenvalue weighted by atomic mass is 35.5. The Kier molecular flexibility index (Phi) is 7.28. The molecular weight excluding hydrogens is 406 g/mol. The highest BCUT2D eigenvalue weighted by Crippen LogP contribution is 2.36. The van der Waals surface area contributed by atoms with E-state index in [0.717, 1.165) is 5.56 Å². The van der Waals surface area contributed by atoms with Gasteiger partial charge in [0.25, 0.3) is 0 Å². The minimum absolute atomic E-state index is 0.0150. The molecule has 0 bridgehead atoms. The number of nitrogens with one attached hydrogen (secondary N) is 1. The molecule has 1 aliphatic rings. The molecule has 0 saturated heterocycles. The van der Waals surface area contributed by atoms with E-state index in [4.69, 9.17) is 32.8 Å². The van der Waals surface area contributed by atoms with Gasteiger partial charge in [0.1, 0.15) is 30.9 Å². The van der Waals surface area contributed by atoms with Crippen LogP contribution in [0.15, 0.2) is 53.2 Å². The molecule has 1 atom stereocenters. The second kappa shape index (κ2) is 9.89. The maximum absolute atomic E-state index is 12.8. The summed E-state index contributed by atoms with van der Waals surface area (Å²) in [7, 11) is 0. The number of benzene rings is 2. The zero-order valence-electron chi connectivity index (χ0n) is 14.9. The lowest BCUT2D eigenvalue weighted by Crippen LogP contribution is -2.29. The average Bonchev–Trinajstić information content (AvgIpc) is 2.69. The molecule has 8 heteroatoms. The highest BCUT2D eigenvalue weighted by Gasteiger charge is 2.18. The van der Waals surface area contributed by atoms with Crippen molar-refractivity contribution in [1.82, 2.24) is 5.32 Å². The lowest BCUT2D eigenvalue weighted by molar-refractivity contribution is 0.0408. The third-order valence-corrected chi connectivity index (χ3v) is 4.70. The van der Waals surface area contributed by atoms with Crippen LogP contribution < -0.4 is 10.1 Å². The zero-order valence-corrected chi connectivity index (χ0v) is 16.4. The van der Waals surface area contributed by atoms with Crippen molar-refractivity contribution in [3.63, 3.8) is 0 Å². The third kappa shape index (κ3) is 5.69. The fourth-order valence-electron chi connectivity index (χ4n) is 2.56. The molecule has 2 aromatic carbocycles. The molecule has 0 fully saturated rings. The van der Waals surface area contributed by atoms with Crippen molar-refractivity contribution in [2.75, 3.05) is 19.8 Å². The van der Waals surface area contributed by atoms with E-state index in [1.54, 1.807) is 30.3 Å². The number of fused-ring (bicyclic) bond motifs is 1. The molecule has 2 N–H and O–H groups in total. The number of hydrogen-bond acceptors (Lipinski definition) is 5. The van der Waals surface area contributed by atoms with Gasteiger partial charge in [-0.1, -0.05) is 40.5 Å². The fraction of sp³-hybridized carbons (Fsp3) is 0.250. The second-order valence-electron chi connectivity index (χ2n) is 6.21. The summed E-state index contributed by atoms with van der Waals surface area (Å²) in [6.07, 6.45) is 0.717. The normalized spacial score (nSPS) is 14.7. The first-order valence-electron chi connectivity index (χ1n) is 8.63. The van der Waals surface area contributed by atoms with Crippen LogP contribution in [-0.4, -0.2) is 37.2 Å². The largest absolute Gasteiger partial charge is 0.488 e. The Morgan fingerprint density at radius 2 is 2.04 bits per heavy atom. The van der Waals surface area contributed by atoms with E-state index in [9.17, 15) is 9.50 Å². The van der Waals surface area contributed by atoms with Crippen molar-refractivity contribution in [3.05, 3.63) is 70.0 Å². The van der Waals surface area contributed by atoms with Gasteiger partial charge >= 0.3 is 0 Å². The number of ether oxygens (including phenoxy) is 1. The summed E-state index contributed by atoms with van der Waals surface area (Å²) in [5, 5.41) is 17.9. The predicted molar refractivity (Wildman–Crippen MR) is 108 cm³/mol. The van der Waals surface area contributed by atoms with Crippen LogP contribution in [0.4, 0.5) is 4.39 Å². The Bertz CT molecular complexity index is 872. The van der Waals surface area contributed by atoms with Gasteiger partial charge in [0.05, 0.1) is 11.2 Å². The molecule has 1 unspecified atom stereocenters. The predicted octanol–water partition coefficient (Wildman–Crippen LogP) is 3.97. The molecule has 0 aromatic heterocycles. The van der Waals surface area contributed by atoms with E-state index >= 15 is 0 Å². The van der Waals surface area contributed by atoms with Crippen LogP contribution in [0.5, 0.6) is 5.75 Å². The molecular formula is C20H19Cl2FN2O3. The van der Waals surface area contributed by atoms with Gasteiger partial charge < -0.3 is 20.0 Å². The summed E-state index contributed by atoms with van der Waals surface area (Å²) in [6.45, 7) is 1.11. The number of oxime groups is 1. The van der Waals surface area contributed by atoms with Crippen LogP contribution in [0.3, 0.4) is 0 Å². The number of nitrogens with zero attached hydrogens (tertiary/aromatic N) is 1. The molecule has 0 spiro atoms. The van der Waals surface area contributed by atoms with Crippen LogP contribution in [0.1, 0.15) is 11.1 Å². The average molecular weight is 425 g/mol. The lowest BCUT2D eigenvalue weighted by Gasteiger charge is -2.18. The monoisotopic (exact) mass is 424 g/mol. The van der Waals surface area contributed by atoms with Crippen LogP contribution in [0.2, 0.25) is 5.02 Å². The molecule has 0 amide bonds. The molecule has 1 heterocycles. The smallest absolute Gasteiger partial charge is 0.144 e. The van der Waals surface area contributed by atoms with Gasteiger partial charge in [0, 0.05) is 29.2 Å².